The van der Waals surface area contributed by atoms with Gasteiger partial charge in [-0.05, 0) is 38.7 Å². The van der Waals surface area contributed by atoms with Gasteiger partial charge in [0.1, 0.15) is 17.0 Å². The van der Waals surface area contributed by atoms with Gasteiger partial charge in [-0.25, -0.2) is 4.79 Å². The van der Waals surface area contributed by atoms with E-state index in [4.69, 9.17) is 9.47 Å². The van der Waals surface area contributed by atoms with Gasteiger partial charge in [-0.1, -0.05) is 20.8 Å². The number of carbonyl (C=O) groups is 2. The van der Waals surface area contributed by atoms with Crippen LogP contribution < -0.4 is 4.74 Å². The zero-order chi connectivity index (χ0) is 20.0. The van der Waals surface area contributed by atoms with Gasteiger partial charge in [0.2, 0.25) is 0 Å². The molecule has 0 bridgehead atoms. The minimum atomic E-state index is -0.672. The number of hydrogen-bond acceptors (Lipinski definition) is 5. The zero-order valence-corrected chi connectivity index (χ0v) is 17.2. The number of nitrogens with zero attached hydrogens (tertiary/aromatic N) is 2. The number of rotatable bonds is 1. The summed E-state index contributed by atoms with van der Waals surface area (Å²) in [5.41, 5.74) is 0.381. The molecule has 1 fully saturated rings. The molecule has 0 saturated carbocycles. The van der Waals surface area contributed by atoms with E-state index >= 15 is 0 Å². The summed E-state index contributed by atoms with van der Waals surface area (Å²) in [5, 5.41) is 0. The molecule has 0 radical (unpaired) electrons. The number of carbonyl (C=O) groups excluding carboxylic acids is 2. The Morgan fingerprint density at radius 3 is 2.63 bits per heavy atom. The Morgan fingerprint density at radius 2 is 2.00 bits per heavy atom. The van der Waals surface area contributed by atoms with Crippen LogP contribution in [0.4, 0.5) is 4.79 Å². The molecule has 2 aliphatic heterocycles. The van der Waals surface area contributed by atoms with Crippen LogP contribution in [0, 0.1) is 5.41 Å². The van der Waals surface area contributed by atoms with E-state index < -0.39 is 11.2 Å². The van der Waals surface area contributed by atoms with Gasteiger partial charge in [0, 0.05) is 18.7 Å². The lowest BCUT2D eigenvalue weighted by atomic mass is 9.87. The van der Waals surface area contributed by atoms with E-state index in [1.807, 2.05) is 26.8 Å². The average Bonchev–Trinajstić information content (AvgIpc) is 2.88. The fraction of sp³-hybridized carbons (Fsp3) is 0.667. The van der Waals surface area contributed by atoms with Crippen LogP contribution in [0.5, 0.6) is 5.75 Å². The minimum Gasteiger partial charge on any atom is -0.482 e. The van der Waals surface area contributed by atoms with Crippen LogP contribution in [0.1, 0.15) is 70.4 Å². The van der Waals surface area contributed by atoms with Gasteiger partial charge in [0.05, 0.1) is 24.7 Å². The molecular formula is C21H30N2O4. The molecule has 1 atom stereocenters. The second-order valence-electron chi connectivity index (χ2n) is 9.95. The van der Waals surface area contributed by atoms with Crippen molar-refractivity contribution in [2.24, 2.45) is 5.41 Å². The predicted molar refractivity (Wildman–Crippen MR) is 102 cm³/mol. The van der Waals surface area contributed by atoms with Crippen molar-refractivity contribution in [1.29, 1.82) is 0 Å². The van der Waals surface area contributed by atoms with E-state index in [9.17, 15) is 9.59 Å². The predicted octanol–water partition coefficient (Wildman–Crippen LogP) is 4.02. The Morgan fingerprint density at radius 1 is 1.30 bits per heavy atom. The number of fused-ring (bicyclic) bond motifs is 1. The first kappa shape index (κ1) is 19.6. The summed E-state index contributed by atoms with van der Waals surface area (Å²) in [5.74, 6) is 0.579. The first-order chi connectivity index (χ1) is 12.4. The van der Waals surface area contributed by atoms with Gasteiger partial charge in [-0.2, -0.15) is 0 Å². The molecular weight excluding hydrogens is 344 g/mol. The number of aromatic nitrogens is 1. The van der Waals surface area contributed by atoms with Crippen molar-refractivity contribution in [3.05, 3.63) is 23.5 Å². The van der Waals surface area contributed by atoms with Crippen molar-refractivity contribution < 1.29 is 19.1 Å². The normalized spacial score (nSPS) is 22.6. The maximum absolute atomic E-state index is 12.8. The maximum atomic E-state index is 12.8. The molecule has 0 N–H and O–H groups in total. The highest BCUT2D eigenvalue weighted by atomic mass is 16.6. The van der Waals surface area contributed by atoms with E-state index in [-0.39, 0.29) is 23.7 Å². The molecule has 0 aliphatic carbocycles. The molecule has 0 aromatic carbocycles. The van der Waals surface area contributed by atoms with Gasteiger partial charge in [-0.15, -0.1) is 0 Å². The lowest BCUT2D eigenvalue weighted by molar-refractivity contribution is 0.0170. The molecule has 2 aliphatic rings. The van der Waals surface area contributed by atoms with Crippen LogP contribution in [0.15, 0.2) is 12.3 Å². The third-order valence-corrected chi connectivity index (χ3v) is 4.71. The summed E-state index contributed by atoms with van der Waals surface area (Å²) in [6.07, 6.45) is 2.98. The maximum Gasteiger partial charge on any atom is 0.410 e. The lowest BCUT2D eigenvalue weighted by Gasteiger charge is -2.34. The van der Waals surface area contributed by atoms with Gasteiger partial charge < -0.3 is 14.4 Å². The summed E-state index contributed by atoms with van der Waals surface area (Å²) in [6, 6.07) is 1.86. The summed E-state index contributed by atoms with van der Waals surface area (Å²) >= 11 is 0. The second-order valence-corrected chi connectivity index (χ2v) is 9.95. The highest BCUT2D eigenvalue weighted by Crippen LogP contribution is 2.39. The molecule has 27 heavy (non-hydrogen) atoms. The number of ketones is 1. The van der Waals surface area contributed by atoms with E-state index in [2.05, 4.69) is 25.8 Å². The molecule has 6 heteroatoms. The summed E-state index contributed by atoms with van der Waals surface area (Å²) in [6.45, 7) is 12.8. The van der Waals surface area contributed by atoms with E-state index in [1.165, 1.54) is 0 Å². The van der Waals surface area contributed by atoms with E-state index in [1.54, 1.807) is 11.1 Å². The molecule has 1 saturated heterocycles. The zero-order valence-electron chi connectivity index (χ0n) is 17.2. The number of ether oxygens (including phenoxy) is 2. The van der Waals surface area contributed by atoms with Crippen molar-refractivity contribution in [2.45, 2.75) is 72.0 Å². The van der Waals surface area contributed by atoms with Gasteiger partial charge in [-0.3, -0.25) is 9.78 Å². The minimum absolute atomic E-state index is 0.0554. The topological polar surface area (TPSA) is 68.7 Å². The van der Waals surface area contributed by atoms with Crippen molar-refractivity contribution in [1.82, 2.24) is 9.88 Å². The van der Waals surface area contributed by atoms with Crippen molar-refractivity contribution in [3.8, 4) is 5.75 Å². The molecule has 1 aromatic rings. The second kappa shape index (κ2) is 6.50. The molecule has 1 aromatic heterocycles. The average molecular weight is 374 g/mol. The standard InChI is InChI=1S/C21H30N2O4/c1-19(2,3)10-14-9-15-16(24)11-21(26-17(15)12-22-14)7-8-23(13-21)18(25)27-20(4,5)6/h9,12H,7-8,10-11,13H2,1-6H3/t21-/m1/s1. The summed E-state index contributed by atoms with van der Waals surface area (Å²) < 4.78 is 11.7. The van der Waals surface area contributed by atoms with Crippen molar-refractivity contribution in [2.75, 3.05) is 13.1 Å². The summed E-state index contributed by atoms with van der Waals surface area (Å²) in [7, 11) is 0. The molecule has 0 unspecified atom stereocenters. The fourth-order valence-corrected chi connectivity index (χ4v) is 3.64. The van der Waals surface area contributed by atoms with E-state index in [0.29, 0.717) is 30.8 Å². The molecule has 1 amide bonds. The quantitative estimate of drug-likeness (QED) is 0.743. The number of amides is 1. The van der Waals surface area contributed by atoms with Crippen LogP contribution >= 0.6 is 0 Å². The number of likely N-dealkylation sites (tertiary alicyclic amines) is 1. The van der Waals surface area contributed by atoms with Crippen molar-refractivity contribution in [3.63, 3.8) is 0 Å². The van der Waals surface area contributed by atoms with Gasteiger partial charge >= 0.3 is 6.09 Å². The molecule has 6 nitrogen and oxygen atoms in total. The third kappa shape index (κ3) is 4.60. The first-order valence-electron chi connectivity index (χ1n) is 9.55. The van der Waals surface area contributed by atoms with Crippen molar-refractivity contribution >= 4 is 11.9 Å². The smallest absolute Gasteiger partial charge is 0.410 e. The summed E-state index contributed by atoms with van der Waals surface area (Å²) in [4.78, 5) is 31.3. The molecule has 3 rings (SSSR count). The molecule has 1 spiro atoms. The van der Waals surface area contributed by atoms with Gasteiger partial charge in [0.15, 0.2) is 5.78 Å². The largest absolute Gasteiger partial charge is 0.482 e. The Labute approximate surface area is 161 Å². The Kier molecular flexibility index (Phi) is 4.73. The van der Waals surface area contributed by atoms with Crippen LogP contribution in [0.3, 0.4) is 0 Å². The highest BCUT2D eigenvalue weighted by Gasteiger charge is 2.48. The number of Topliss-reactive ketones (excluding diaryl/α,β-unsaturated/α-hetero) is 1. The Balaban J connectivity index is 1.75. The molecule has 148 valence electrons. The Hall–Kier alpha value is -2.11. The lowest BCUT2D eigenvalue weighted by Crippen LogP contribution is -2.46. The number of hydrogen-bond donors (Lipinski definition) is 0. The van der Waals surface area contributed by atoms with E-state index in [0.717, 1.165) is 12.1 Å². The Bertz CT molecular complexity index is 760. The third-order valence-electron chi connectivity index (χ3n) is 4.71. The SMILES string of the molecule is CC(C)(C)Cc1cc2c(cn1)O[C@]1(CCN(C(=O)OC(C)(C)C)C1)CC2=O. The highest BCUT2D eigenvalue weighted by molar-refractivity contribution is 6.00. The van der Waals surface area contributed by atoms with Gasteiger partial charge in [0.25, 0.3) is 0 Å². The van der Waals surface area contributed by atoms with Crippen LogP contribution in [0.2, 0.25) is 0 Å². The number of pyridine rings is 1. The first-order valence-corrected chi connectivity index (χ1v) is 9.55. The molecule has 3 heterocycles. The monoisotopic (exact) mass is 374 g/mol. The fourth-order valence-electron chi connectivity index (χ4n) is 3.64. The van der Waals surface area contributed by atoms with Crippen LogP contribution in [-0.4, -0.2) is 46.1 Å². The van der Waals surface area contributed by atoms with Crippen LogP contribution in [-0.2, 0) is 11.2 Å². The van der Waals surface area contributed by atoms with Crippen LogP contribution in [0.25, 0.3) is 0 Å².